The van der Waals surface area contributed by atoms with Crippen molar-refractivity contribution >= 4 is 22.6 Å². The van der Waals surface area contributed by atoms with Crippen LogP contribution in [-0.2, 0) is 11.8 Å². The van der Waals surface area contributed by atoms with Crippen LogP contribution in [0.15, 0.2) is 35.4 Å². The number of hydrogen-bond donors (Lipinski definition) is 2. The van der Waals surface area contributed by atoms with Gasteiger partial charge in [-0.15, -0.1) is 0 Å². The maximum Gasteiger partial charge on any atom is 0.258 e. The van der Waals surface area contributed by atoms with Crippen molar-refractivity contribution in [2.75, 3.05) is 5.32 Å². The van der Waals surface area contributed by atoms with E-state index in [-0.39, 0.29) is 17.8 Å². The van der Waals surface area contributed by atoms with E-state index in [1.54, 1.807) is 31.6 Å². The zero-order valence-electron chi connectivity index (χ0n) is 17.7. The standard InChI is InChI=1S/C23H25FN4O3/c1-4-5-20(29)18-6-12(2)16(11-25-18)14-7-13-10-26-21(9-19(13)28(3)23(14)31)27-22(30)15-8-17(15)24/h6-7,9-11,15,17,20,29H,4-5,8H2,1-3H3,(H,26,27,30)/t15-,17+,20-/m1/s1. The van der Waals surface area contributed by atoms with Gasteiger partial charge in [0.2, 0.25) is 5.91 Å². The number of fused-ring (bicyclic) bond motifs is 1. The molecule has 1 saturated carbocycles. The summed E-state index contributed by atoms with van der Waals surface area (Å²) < 4.78 is 14.6. The zero-order chi connectivity index (χ0) is 22.3. The van der Waals surface area contributed by atoms with Crippen LogP contribution in [0.3, 0.4) is 0 Å². The first kappa shape index (κ1) is 21.1. The van der Waals surface area contributed by atoms with E-state index in [9.17, 15) is 19.1 Å². The molecule has 0 aromatic carbocycles. The second-order valence-corrected chi connectivity index (χ2v) is 8.13. The lowest BCUT2D eigenvalue weighted by Gasteiger charge is -2.14. The Hall–Kier alpha value is -3.13. The van der Waals surface area contributed by atoms with Crippen molar-refractivity contribution in [1.29, 1.82) is 0 Å². The topological polar surface area (TPSA) is 97.1 Å². The Morgan fingerprint density at radius 2 is 2.03 bits per heavy atom. The molecule has 0 unspecified atom stereocenters. The predicted molar refractivity (Wildman–Crippen MR) is 116 cm³/mol. The highest BCUT2D eigenvalue weighted by atomic mass is 19.1. The number of aromatic nitrogens is 3. The molecule has 0 saturated heterocycles. The fraction of sp³-hybridized carbons (Fsp3) is 0.391. The summed E-state index contributed by atoms with van der Waals surface area (Å²) >= 11 is 0. The SMILES string of the molecule is CCC[C@@H](O)c1cc(C)c(-c2cc3cnc(NC(=O)[C@@H]4C[C@@H]4F)cc3n(C)c2=O)cn1. The summed E-state index contributed by atoms with van der Waals surface area (Å²) in [6.07, 6.45) is 3.20. The molecule has 8 heteroatoms. The van der Waals surface area contributed by atoms with Crippen molar-refractivity contribution in [2.24, 2.45) is 13.0 Å². The van der Waals surface area contributed by atoms with Gasteiger partial charge in [0.15, 0.2) is 0 Å². The van der Waals surface area contributed by atoms with Crippen LogP contribution in [0.1, 0.15) is 43.5 Å². The summed E-state index contributed by atoms with van der Waals surface area (Å²) in [6, 6.07) is 5.18. The van der Waals surface area contributed by atoms with E-state index in [4.69, 9.17) is 0 Å². The Morgan fingerprint density at radius 3 is 2.68 bits per heavy atom. The molecule has 0 aliphatic heterocycles. The second kappa shape index (κ2) is 8.19. The van der Waals surface area contributed by atoms with Gasteiger partial charge in [0.1, 0.15) is 12.0 Å². The molecule has 1 aliphatic carbocycles. The molecule has 0 spiro atoms. The van der Waals surface area contributed by atoms with E-state index < -0.39 is 24.1 Å². The maximum atomic E-state index is 13.1. The average molecular weight is 424 g/mol. The van der Waals surface area contributed by atoms with Gasteiger partial charge in [-0.1, -0.05) is 13.3 Å². The van der Waals surface area contributed by atoms with E-state index in [0.29, 0.717) is 28.8 Å². The smallest absolute Gasteiger partial charge is 0.258 e. The molecule has 3 heterocycles. The number of pyridine rings is 3. The summed E-state index contributed by atoms with van der Waals surface area (Å²) in [4.78, 5) is 33.7. The van der Waals surface area contributed by atoms with Gasteiger partial charge in [-0.3, -0.25) is 14.6 Å². The third kappa shape index (κ3) is 4.07. The van der Waals surface area contributed by atoms with Crippen LogP contribution in [0.25, 0.3) is 22.0 Å². The van der Waals surface area contributed by atoms with E-state index >= 15 is 0 Å². The van der Waals surface area contributed by atoms with Crippen molar-refractivity contribution in [1.82, 2.24) is 14.5 Å². The van der Waals surface area contributed by atoms with Gasteiger partial charge in [0, 0.05) is 42.0 Å². The largest absolute Gasteiger partial charge is 0.387 e. The molecule has 31 heavy (non-hydrogen) atoms. The number of aliphatic hydroxyl groups is 1. The molecular formula is C23H25FN4O3. The van der Waals surface area contributed by atoms with E-state index in [1.807, 2.05) is 19.9 Å². The van der Waals surface area contributed by atoms with Crippen LogP contribution >= 0.6 is 0 Å². The molecule has 162 valence electrons. The Bertz CT molecular complexity index is 1220. The maximum absolute atomic E-state index is 13.1. The summed E-state index contributed by atoms with van der Waals surface area (Å²) in [5, 5.41) is 13.5. The summed E-state index contributed by atoms with van der Waals surface area (Å²) in [5.74, 6) is -0.725. The number of halogens is 1. The van der Waals surface area contributed by atoms with Gasteiger partial charge in [-0.05, 0) is 37.5 Å². The first-order valence-corrected chi connectivity index (χ1v) is 10.4. The normalized spacial score (nSPS) is 18.7. The predicted octanol–water partition coefficient (Wildman–Crippen LogP) is 3.43. The number of carbonyl (C=O) groups excluding carboxylic acids is 1. The average Bonchev–Trinajstić information content (AvgIpc) is 3.48. The number of hydrogen-bond acceptors (Lipinski definition) is 5. The number of rotatable bonds is 6. The third-order valence-corrected chi connectivity index (χ3v) is 5.73. The molecule has 4 rings (SSSR count). The summed E-state index contributed by atoms with van der Waals surface area (Å²) in [5.41, 5.74) is 3.00. The minimum Gasteiger partial charge on any atom is -0.387 e. The molecule has 3 aromatic heterocycles. The number of aliphatic hydroxyl groups excluding tert-OH is 1. The monoisotopic (exact) mass is 424 g/mol. The number of nitrogens with one attached hydrogen (secondary N) is 1. The molecule has 1 fully saturated rings. The molecule has 0 radical (unpaired) electrons. The first-order valence-electron chi connectivity index (χ1n) is 10.4. The Labute approximate surface area is 179 Å². The lowest BCUT2D eigenvalue weighted by molar-refractivity contribution is -0.117. The third-order valence-electron chi connectivity index (χ3n) is 5.73. The van der Waals surface area contributed by atoms with Crippen molar-refractivity contribution < 1.29 is 14.3 Å². The number of alkyl halides is 1. The molecule has 1 aliphatic rings. The molecule has 2 N–H and O–H groups in total. The van der Waals surface area contributed by atoms with Gasteiger partial charge in [-0.2, -0.15) is 0 Å². The van der Waals surface area contributed by atoms with Gasteiger partial charge in [-0.25, -0.2) is 9.37 Å². The van der Waals surface area contributed by atoms with Gasteiger partial charge in [0.25, 0.3) is 5.56 Å². The number of anilines is 1. The molecular weight excluding hydrogens is 399 g/mol. The summed E-state index contributed by atoms with van der Waals surface area (Å²) in [6.45, 7) is 3.88. The highest BCUT2D eigenvalue weighted by Crippen LogP contribution is 2.34. The van der Waals surface area contributed by atoms with Crippen LogP contribution in [0.4, 0.5) is 10.2 Å². The Kier molecular flexibility index (Phi) is 5.58. The Balaban J connectivity index is 1.70. The van der Waals surface area contributed by atoms with Crippen LogP contribution in [0.2, 0.25) is 0 Å². The quantitative estimate of drug-likeness (QED) is 0.632. The lowest BCUT2D eigenvalue weighted by atomic mass is 10.0. The van der Waals surface area contributed by atoms with Crippen molar-refractivity contribution in [2.45, 2.75) is 45.4 Å². The number of carbonyl (C=O) groups is 1. The fourth-order valence-corrected chi connectivity index (χ4v) is 3.74. The molecule has 3 aromatic rings. The number of amides is 1. The Morgan fingerprint density at radius 1 is 1.29 bits per heavy atom. The van der Waals surface area contributed by atoms with E-state index in [1.165, 1.54) is 4.57 Å². The first-order chi connectivity index (χ1) is 14.8. The minimum atomic E-state index is -1.08. The van der Waals surface area contributed by atoms with Crippen molar-refractivity contribution in [3.8, 4) is 11.1 Å². The minimum absolute atomic E-state index is 0.214. The second-order valence-electron chi connectivity index (χ2n) is 8.13. The van der Waals surface area contributed by atoms with Crippen molar-refractivity contribution in [3.63, 3.8) is 0 Å². The number of nitrogens with zero attached hydrogens (tertiary/aromatic N) is 3. The molecule has 3 atom stereocenters. The van der Waals surface area contributed by atoms with Crippen molar-refractivity contribution in [3.05, 3.63) is 52.2 Å². The van der Waals surface area contributed by atoms with Crippen LogP contribution in [-0.4, -0.2) is 31.7 Å². The van der Waals surface area contributed by atoms with Crippen LogP contribution in [0, 0.1) is 12.8 Å². The number of aryl methyl sites for hydroxylation is 2. The van der Waals surface area contributed by atoms with E-state index in [2.05, 4.69) is 15.3 Å². The zero-order valence-corrected chi connectivity index (χ0v) is 17.7. The summed E-state index contributed by atoms with van der Waals surface area (Å²) in [7, 11) is 1.65. The fourth-order valence-electron chi connectivity index (χ4n) is 3.74. The highest BCUT2D eigenvalue weighted by molar-refractivity contribution is 5.95. The van der Waals surface area contributed by atoms with Gasteiger partial charge >= 0.3 is 0 Å². The van der Waals surface area contributed by atoms with Gasteiger partial charge < -0.3 is 15.0 Å². The molecule has 7 nitrogen and oxygen atoms in total. The van der Waals surface area contributed by atoms with Crippen LogP contribution < -0.4 is 10.9 Å². The van der Waals surface area contributed by atoms with E-state index in [0.717, 1.165) is 17.4 Å². The molecule has 1 amide bonds. The highest BCUT2D eigenvalue weighted by Gasteiger charge is 2.43. The van der Waals surface area contributed by atoms with Crippen LogP contribution in [0.5, 0.6) is 0 Å². The van der Waals surface area contributed by atoms with Gasteiger partial charge in [0.05, 0.1) is 23.2 Å². The molecule has 0 bridgehead atoms. The lowest BCUT2D eigenvalue weighted by Crippen LogP contribution is -2.20.